The number of hydrogen-bond donors (Lipinski definition) is 0. The van der Waals surface area contributed by atoms with Crippen molar-refractivity contribution in [2.45, 2.75) is 32.4 Å². The van der Waals surface area contributed by atoms with E-state index in [0.717, 1.165) is 32.0 Å². The number of anilines is 1. The summed E-state index contributed by atoms with van der Waals surface area (Å²) in [6.45, 7) is 10.5. The van der Waals surface area contributed by atoms with Gasteiger partial charge in [0.2, 0.25) is 0 Å². The molecule has 2 aliphatic rings. The highest BCUT2D eigenvalue weighted by Crippen LogP contribution is 2.23. The molecule has 0 N–H and O–H groups in total. The van der Waals surface area contributed by atoms with Gasteiger partial charge < -0.3 is 14.5 Å². The van der Waals surface area contributed by atoms with E-state index in [2.05, 4.69) is 19.8 Å². The third-order valence-corrected chi connectivity index (χ3v) is 4.44. The van der Waals surface area contributed by atoms with E-state index in [-0.39, 0.29) is 6.09 Å². The van der Waals surface area contributed by atoms with Gasteiger partial charge in [-0.05, 0) is 20.8 Å². The second kappa shape index (κ2) is 6.84. The van der Waals surface area contributed by atoms with Crippen molar-refractivity contribution in [1.82, 2.24) is 19.8 Å². The van der Waals surface area contributed by atoms with Crippen molar-refractivity contribution < 1.29 is 9.53 Å². The van der Waals surface area contributed by atoms with E-state index < -0.39 is 5.60 Å². The van der Waals surface area contributed by atoms with E-state index in [1.54, 1.807) is 11.0 Å². The molecule has 0 radical (unpaired) electrons. The fourth-order valence-corrected chi connectivity index (χ4v) is 3.05. The van der Waals surface area contributed by atoms with E-state index in [0.29, 0.717) is 24.8 Å². The lowest BCUT2D eigenvalue weighted by Crippen LogP contribution is -2.63. The lowest BCUT2D eigenvalue weighted by atomic mass is 10.1. The van der Waals surface area contributed by atoms with Crippen LogP contribution >= 0.6 is 0 Å². The second-order valence-electron chi connectivity index (χ2n) is 7.44. The van der Waals surface area contributed by atoms with Gasteiger partial charge in [-0.25, -0.2) is 14.8 Å². The molecule has 1 aromatic heterocycles. The molecule has 0 bridgehead atoms. The van der Waals surface area contributed by atoms with Gasteiger partial charge in [0.1, 0.15) is 29.5 Å². The summed E-state index contributed by atoms with van der Waals surface area (Å²) >= 11 is 0. The number of amides is 1. The molecule has 1 amide bonds. The fraction of sp³-hybridized carbons (Fsp3) is 0.647. The Kier molecular flexibility index (Phi) is 4.77. The summed E-state index contributed by atoms with van der Waals surface area (Å²) in [5, 5.41) is 8.92. The van der Waals surface area contributed by atoms with Crippen molar-refractivity contribution in [2.24, 2.45) is 0 Å². The standard InChI is InChI=1S/C17H24N6O2/c1-17(2,3)25-16(24)22-6-4-21(5-7-22)14-10-23(11-14)15-8-13(9-18)19-12-20-15/h8,12,14H,4-7,10-11H2,1-3H3. The summed E-state index contributed by atoms with van der Waals surface area (Å²) in [6.07, 6.45) is 1.20. The number of nitrogens with zero attached hydrogens (tertiary/aromatic N) is 6. The number of rotatable bonds is 2. The van der Waals surface area contributed by atoms with Crippen molar-refractivity contribution in [3.63, 3.8) is 0 Å². The van der Waals surface area contributed by atoms with Crippen LogP contribution in [0.2, 0.25) is 0 Å². The molecule has 1 aromatic rings. The zero-order chi connectivity index (χ0) is 18.0. The maximum absolute atomic E-state index is 12.1. The molecule has 0 aromatic carbocycles. The minimum absolute atomic E-state index is 0.229. The quantitative estimate of drug-likeness (QED) is 0.794. The SMILES string of the molecule is CC(C)(C)OC(=O)N1CCN(C2CN(c3cc(C#N)ncn3)C2)CC1. The molecular weight excluding hydrogens is 320 g/mol. The van der Waals surface area contributed by atoms with Crippen LogP contribution in [0, 0.1) is 11.3 Å². The zero-order valence-corrected chi connectivity index (χ0v) is 15.0. The predicted octanol–water partition coefficient (Wildman–Crippen LogP) is 1.09. The predicted molar refractivity (Wildman–Crippen MR) is 92.1 cm³/mol. The molecule has 0 aliphatic carbocycles. The van der Waals surface area contributed by atoms with Gasteiger partial charge in [-0.2, -0.15) is 5.26 Å². The number of carbonyl (C=O) groups excluding carboxylic acids is 1. The van der Waals surface area contributed by atoms with Gasteiger partial charge >= 0.3 is 6.09 Å². The first-order valence-corrected chi connectivity index (χ1v) is 8.55. The average Bonchev–Trinajstić information content (AvgIpc) is 2.53. The maximum Gasteiger partial charge on any atom is 0.410 e. The summed E-state index contributed by atoms with van der Waals surface area (Å²) in [7, 11) is 0. The number of carbonyl (C=O) groups is 1. The van der Waals surface area contributed by atoms with Crippen molar-refractivity contribution in [3.05, 3.63) is 18.1 Å². The largest absolute Gasteiger partial charge is 0.444 e. The number of aromatic nitrogens is 2. The van der Waals surface area contributed by atoms with Crippen LogP contribution in [0.4, 0.5) is 10.6 Å². The third kappa shape index (κ3) is 4.17. The molecule has 0 saturated carbocycles. The Morgan fingerprint density at radius 2 is 1.92 bits per heavy atom. The zero-order valence-electron chi connectivity index (χ0n) is 15.0. The Bertz CT molecular complexity index is 666. The van der Waals surface area contributed by atoms with E-state index >= 15 is 0 Å². The van der Waals surface area contributed by atoms with Crippen LogP contribution in [-0.2, 0) is 4.74 Å². The summed E-state index contributed by atoms with van der Waals surface area (Å²) in [4.78, 5) is 26.6. The Balaban J connectivity index is 1.46. The lowest BCUT2D eigenvalue weighted by Gasteiger charge is -2.48. The first kappa shape index (κ1) is 17.4. The summed E-state index contributed by atoms with van der Waals surface area (Å²) in [5.41, 5.74) is -0.0675. The van der Waals surface area contributed by atoms with E-state index in [4.69, 9.17) is 10.00 Å². The molecular formula is C17H24N6O2. The molecule has 2 aliphatic heterocycles. The van der Waals surface area contributed by atoms with Crippen LogP contribution < -0.4 is 4.90 Å². The molecule has 2 fully saturated rings. The maximum atomic E-state index is 12.1. The highest BCUT2D eigenvalue weighted by molar-refractivity contribution is 5.68. The van der Waals surface area contributed by atoms with Gasteiger partial charge in [-0.3, -0.25) is 4.90 Å². The summed E-state index contributed by atoms with van der Waals surface area (Å²) < 4.78 is 5.43. The van der Waals surface area contributed by atoms with Crippen molar-refractivity contribution >= 4 is 11.9 Å². The first-order valence-electron chi connectivity index (χ1n) is 8.55. The molecule has 25 heavy (non-hydrogen) atoms. The van der Waals surface area contributed by atoms with Gasteiger partial charge in [-0.1, -0.05) is 0 Å². The molecule has 2 saturated heterocycles. The summed E-state index contributed by atoms with van der Waals surface area (Å²) in [6, 6.07) is 4.22. The molecule has 3 heterocycles. The Labute approximate surface area is 148 Å². The first-order chi connectivity index (χ1) is 11.9. The normalized spacial score (nSPS) is 19.3. The topological polar surface area (TPSA) is 85.6 Å². The number of nitriles is 1. The van der Waals surface area contributed by atoms with Crippen molar-refractivity contribution in [1.29, 1.82) is 5.26 Å². The molecule has 0 atom stereocenters. The molecule has 0 spiro atoms. The molecule has 8 nitrogen and oxygen atoms in total. The number of ether oxygens (including phenoxy) is 1. The number of hydrogen-bond acceptors (Lipinski definition) is 7. The lowest BCUT2D eigenvalue weighted by molar-refractivity contribution is 0.00874. The van der Waals surface area contributed by atoms with Crippen LogP contribution in [-0.4, -0.2) is 76.8 Å². The average molecular weight is 344 g/mol. The van der Waals surface area contributed by atoms with Crippen LogP contribution in [0.15, 0.2) is 12.4 Å². The fourth-order valence-electron chi connectivity index (χ4n) is 3.05. The summed E-state index contributed by atoms with van der Waals surface area (Å²) in [5.74, 6) is 0.801. The van der Waals surface area contributed by atoms with Gasteiger partial charge in [0.25, 0.3) is 0 Å². The van der Waals surface area contributed by atoms with E-state index in [1.165, 1.54) is 6.33 Å². The molecule has 134 valence electrons. The number of piperazine rings is 1. The highest BCUT2D eigenvalue weighted by Gasteiger charge is 2.35. The smallest absolute Gasteiger partial charge is 0.410 e. The molecule has 8 heteroatoms. The molecule has 3 rings (SSSR count). The van der Waals surface area contributed by atoms with Crippen molar-refractivity contribution in [3.8, 4) is 6.07 Å². The van der Waals surface area contributed by atoms with Gasteiger partial charge in [0.15, 0.2) is 0 Å². The second-order valence-corrected chi connectivity index (χ2v) is 7.44. The Morgan fingerprint density at radius 3 is 2.52 bits per heavy atom. The van der Waals surface area contributed by atoms with E-state index in [1.807, 2.05) is 26.8 Å². The van der Waals surface area contributed by atoms with Crippen LogP contribution in [0.5, 0.6) is 0 Å². The van der Waals surface area contributed by atoms with Crippen LogP contribution in [0.1, 0.15) is 26.5 Å². The van der Waals surface area contributed by atoms with Crippen LogP contribution in [0.25, 0.3) is 0 Å². The van der Waals surface area contributed by atoms with Crippen LogP contribution in [0.3, 0.4) is 0 Å². The minimum Gasteiger partial charge on any atom is -0.444 e. The van der Waals surface area contributed by atoms with Gasteiger partial charge in [0.05, 0.1) is 0 Å². The van der Waals surface area contributed by atoms with Crippen molar-refractivity contribution in [2.75, 3.05) is 44.2 Å². The third-order valence-electron chi connectivity index (χ3n) is 4.44. The monoisotopic (exact) mass is 344 g/mol. The van der Waals surface area contributed by atoms with Gasteiger partial charge in [-0.15, -0.1) is 0 Å². The highest BCUT2D eigenvalue weighted by atomic mass is 16.6. The molecule has 0 unspecified atom stereocenters. The minimum atomic E-state index is -0.456. The Morgan fingerprint density at radius 1 is 1.24 bits per heavy atom. The van der Waals surface area contributed by atoms with Gasteiger partial charge in [0, 0.05) is 51.4 Å². The van der Waals surface area contributed by atoms with E-state index in [9.17, 15) is 4.79 Å². The Hall–Kier alpha value is -2.40.